The Hall–Kier alpha value is -2.27. The lowest BCUT2D eigenvalue weighted by Gasteiger charge is -2.34. The third kappa shape index (κ3) is 4.92. The van der Waals surface area contributed by atoms with Gasteiger partial charge >= 0.3 is 0 Å². The molecule has 0 bridgehead atoms. The van der Waals surface area contributed by atoms with E-state index in [9.17, 15) is 4.79 Å². The first-order valence-corrected chi connectivity index (χ1v) is 9.82. The van der Waals surface area contributed by atoms with Crippen molar-refractivity contribution in [2.45, 2.75) is 26.2 Å². The second kappa shape index (κ2) is 9.09. The number of carbonyl (C=O) groups excluding carboxylic acids is 1. The van der Waals surface area contributed by atoms with Crippen LogP contribution in [0, 0.1) is 12.8 Å². The Morgan fingerprint density at radius 1 is 1.33 bits per heavy atom. The summed E-state index contributed by atoms with van der Waals surface area (Å²) in [4.78, 5) is 20.1. The fourth-order valence-corrected chi connectivity index (χ4v) is 4.05. The van der Waals surface area contributed by atoms with Crippen LogP contribution in [-0.2, 0) is 6.42 Å². The van der Waals surface area contributed by atoms with E-state index in [0.717, 1.165) is 49.6 Å². The van der Waals surface area contributed by atoms with Gasteiger partial charge in [0.1, 0.15) is 5.75 Å². The average molecular weight is 370 g/mol. The molecule has 1 aliphatic rings. The summed E-state index contributed by atoms with van der Waals surface area (Å²) in [5.41, 5.74) is 2.98. The largest absolute Gasteiger partial charge is 0.496 e. The zero-order valence-corrected chi connectivity index (χ0v) is 16.7. The first-order valence-electron chi connectivity index (χ1n) is 9.82. The number of nitrogens with one attached hydrogen (secondary N) is 1. The molecule has 1 aromatic heterocycles. The van der Waals surface area contributed by atoms with Gasteiger partial charge in [0.25, 0.3) is 5.91 Å². The molecule has 1 aromatic carbocycles. The number of aryl methyl sites for hydroxylation is 1. The molecule has 2 aromatic rings. The molecule has 1 fully saturated rings. The van der Waals surface area contributed by atoms with E-state index in [1.807, 2.05) is 43.3 Å². The lowest BCUT2D eigenvalue weighted by molar-refractivity contribution is 0.0730. The lowest BCUT2D eigenvalue weighted by Crippen LogP contribution is -2.42. The van der Waals surface area contributed by atoms with Crippen molar-refractivity contribution in [3.63, 3.8) is 0 Å². The Morgan fingerprint density at radius 3 is 2.89 bits per heavy atom. The minimum atomic E-state index is 0.111. The Balaban J connectivity index is 1.52. The fraction of sp³-hybridized carbons (Fsp3) is 0.500. The number of nitrogens with zero attached hydrogens (tertiary/aromatic N) is 2. The van der Waals surface area contributed by atoms with Gasteiger partial charge in [-0.3, -0.25) is 4.79 Å². The fourth-order valence-electron chi connectivity index (χ4n) is 4.05. The number of H-pyrrole nitrogens is 1. The molecule has 1 amide bonds. The number of carbonyl (C=O) groups is 1. The Kier molecular flexibility index (Phi) is 6.56. The van der Waals surface area contributed by atoms with Crippen LogP contribution < -0.4 is 4.74 Å². The van der Waals surface area contributed by atoms with E-state index in [2.05, 4.69) is 22.0 Å². The number of aromatic nitrogens is 1. The van der Waals surface area contributed by atoms with Crippen LogP contribution in [0.15, 0.2) is 36.5 Å². The molecule has 0 radical (unpaired) electrons. The highest BCUT2D eigenvalue weighted by atomic mass is 16.5. The van der Waals surface area contributed by atoms with Crippen molar-refractivity contribution < 1.29 is 9.53 Å². The molecule has 1 N–H and O–H groups in total. The maximum Gasteiger partial charge on any atom is 0.255 e. The quantitative estimate of drug-likeness (QED) is 0.814. The monoisotopic (exact) mass is 369 g/mol. The van der Waals surface area contributed by atoms with Crippen molar-refractivity contribution in [3.8, 4) is 5.75 Å². The van der Waals surface area contributed by atoms with Crippen LogP contribution in [0.3, 0.4) is 0 Å². The summed E-state index contributed by atoms with van der Waals surface area (Å²) >= 11 is 0. The van der Waals surface area contributed by atoms with Crippen LogP contribution in [0.2, 0.25) is 0 Å². The summed E-state index contributed by atoms with van der Waals surface area (Å²) in [6, 6.07) is 10.1. The highest BCUT2D eigenvalue weighted by Gasteiger charge is 2.24. The van der Waals surface area contributed by atoms with Crippen molar-refractivity contribution in [2.24, 2.45) is 5.92 Å². The average Bonchev–Trinajstić information content (AvgIpc) is 3.12. The number of ether oxygens (including phenoxy) is 1. The van der Waals surface area contributed by atoms with Gasteiger partial charge in [0.15, 0.2) is 0 Å². The Morgan fingerprint density at radius 2 is 2.15 bits per heavy atom. The van der Waals surface area contributed by atoms with E-state index in [4.69, 9.17) is 4.74 Å². The number of benzene rings is 1. The summed E-state index contributed by atoms with van der Waals surface area (Å²) in [7, 11) is 3.65. The minimum Gasteiger partial charge on any atom is -0.496 e. The van der Waals surface area contributed by atoms with Gasteiger partial charge in [-0.15, -0.1) is 0 Å². The molecule has 146 valence electrons. The number of hydrogen-bond donors (Lipinski definition) is 1. The Bertz CT molecular complexity index is 756. The van der Waals surface area contributed by atoms with Crippen molar-refractivity contribution in [1.82, 2.24) is 14.8 Å². The number of methoxy groups -OCH3 is 1. The second-order valence-electron chi connectivity index (χ2n) is 7.57. The van der Waals surface area contributed by atoms with Gasteiger partial charge in [-0.05, 0) is 56.3 Å². The molecule has 5 nitrogen and oxygen atoms in total. The topological polar surface area (TPSA) is 48.6 Å². The van der Waals surface area contributed by atoms with E-state index in [0.29, 0.717) is 5.92 Å². The van der Waals surface area contributed by atoms with Gasteiger partial charge in [-0.25, -0.2) is 0 Å². The molecule has 0 saturated carbocycles. The number of para-hydroxylation sites is 1. The first kappa shape index (κ1) is 19.5. The predicted molar refractivity (Wildman–Crippen MR) is 108 cm³/mol. The van der Waals surface area contributed by atoms with Gasteiger partial charge in [0.05, 0.1) is 12.7 Å². The molecule has 2 heterocycles. The Labute approximate surface area is 162 Å². The van der Waals surface area contributed by atoms with E-state index in [1.54, 1.807) is 7.11 Å². The zero-order valence-electron chi connectivity index (χ0n) is 16.7. The zero-order chi connectivity index (χ0) is 19.2. The summed E-state index contributed by atoms with van der Waals surface area (Å²) in [6.07, 6.45) is 5.21. The molecule has 1 saturated heterocycles. The van der Waals surface area contributed by atoms with Crippen molar-refractivity contribution >= 4 is 5.91 Å². The van der Waals surface area contributed by atoms with E-state index >= 15 is 0 Å². The van der Waals surface area contributed by atoms with Gasteiger partial charge in [-0.1, -0.05) is 18.2 Å². The van der Waals surface area contributed by atoms with Gasteiger partial charge < -0.3 is 19.5 Å². The van der Waals surface area contributed by atoms with Gasteiger partial charge in [0, 0.05) is 38.6 Å². The van der Waals surface area contributed by atoms with E-state index in [1.165, 1.54) is 18.4 Å². The number of aromatic amines is 1. The normalized spacial score (nSPS) is 17.7. The predicted octanol–water partition coefficient (Wildman–Crippen LogP) is 3.36. The third-order valence-electron chi connectivity index (χ3n) is 5.56. The highest BCUT2D eigenvalue weighted by Crippen LogP contribution is 2.21. The van der Waals surface area contributed by atoms with Crippen LogP contribution in [0.4, 0.5) is 0 Å². The summed E-state index contributed by atoms with van der Waals surface area (Å²) in [5, 5.41) is 0. The molecule has 5 heteroatoms. The molecule has 0 aliphatic carbocycles. The maximum absolute atomic E-state index is 12.6. The van der Waals surface area contributed by atoms with Gasteiger partial charge in [0.2, 0.25) is 0 Å². The molecule has 0 spiro atoms. The molecule has 1 atom stereocenters. The molecular weight excluding hydrogens is 338 g/mol. The number of hydrogen-bond acceptors (Lipinski definition) is 3. The molecule has 0 unspecified atom stereocenters. The molecular formula is C22H31N3O2. The standard InChI is InChI=1S/C22H31N3O2/c1-17-20(10-12-23-17)22(26)24(2)15-18-7-6-13-25(16-18)14-11-19-8-4-5-9-21(19)27-3/h4-5,8-10,12,18,23H,6-7,11,13-16H2,1-3H3/t18-/m1/s1. The van der Waals surface area contributed by atoms with Crippen LogP contribution in [0.1, 0.15) is 34.5 Å². The minimum absolute atomic E-state index is 0.111. The van der Waals surface area contributed by atoms with Crippen molar-refractivity contribution in [3.05, 3.63) is 53.3 Å². The van der Waals surface area contributed by atoms with Crippen molar-refractivity contribution in [1.29, 1.82) is 0 Å². The highest BCUT2D eigenvalue weighted by molar-refractivity contribution is 5.95. The second-order valence-corrected chi connectivity index (χ2v) is 7.57. The molecule has 3 rings (SSSR count). The van der Waals surface area contributed by atoms with Crippen LogP contribution >= 0.6 is 0 Å². The van der Waals surface area contributed by atoms with Crippen molar-refractivity contribution in [2.75, 3.05) is 40.3 Å². The van der Waals surface area contributed by atoms with Gasteiger partial charge in [-0.2, -0.15) is 0 Å². The van der Waals surface area contributed by atoms with Crippen LogP contribution in [-0.4, -0.2) is 61.0 Å². The number of amides is 1. The number of rotatable bonds is 7. The summed E-state index contributed by atoms with van der Waals surface area (Å²) < 4.78 is 5.47. The SMILES string of the molecule is COc1ccccc1CCN1CCC[C@H](CN(C)C(=O)c2cc[nH]c2C)C1. The van der Waals surface area contributed by atoms with E-state index in [-0.39, 0.29) is 5.91 Å². The molecule has 27 heavy (non-hydrogen) atoms. The molecule has 1 aliphatic heterocycles. The number of piperidine rings is 1. The summed E-state index contributed by atoms with van der Waals surface area (Å²) in [5.74, 6) is 1.61. The summed E-state index contributed by atoms with van der Waals surface area (Å²) in [6.45, 7) is 5.99. The number of likely N-dealkylation sites (tertiary alicyclic amines) is 1. The lowest BCUT2D eigenvalue weighted by atomic mass is 9.96. The third-order valence-corrected chi connectivity index (χ3v) is 5.56. The first-order chi connectivity index (χ1) is 13.1. The maximum atomic E-state index is 12.6. The van der Waals surface area contributed by atoms with Crippen LogP contribution in [0.25, 0.3) is 0 Å². The smallest absolute Gasteiger partial charge is 0.255 e. The van der Waals surface area contributed by atoms with E-state index < -0.39 is 0 Å². The van der Waals surface area contributed by atoms with Crippen LogP contribution in [0.5, 0.6) is 5.75 Å².